The van der Waals surface area contributed by atoms with Gasteiger partial charge in [0.25, 0.3) is 16.0 Å². The number of carboxylic acids is 1. The number of amides is 1. The fourth-order valence-corrected chi connectivity index (χ4v) is 3.06. The average Bonchev–Trinajstić information content (AvgIpc) is 2.55. The van der Waals surface area contributed by atoms with Gasteiger partial charge in [-0.15, -0.1) is 0 Å². The first-order valence-corrected chi connectivity index (χ1v) is 8.74. The molecule has 1 atom stereocenters. The molecular weight excluding hydrogens is 346 g/mol. The Hall–Kier alpha value is -2.71. The number of carbonyl (C=O) groups is 2. The van der Waals surface area contributed by atoms with E-state index in [0.29, 0.717) is 0 Å². The molecule has 0 bridgehead atoms. The zero-order chi connectivity index (χ0) is 18.6. The maximum Gasteiger partial charge on any atom is 0.337 e. The first kappa shape index (κ1) is 18.6. The minimum Gasteiger partial charge on any atom is -0.478 e. The minimum absolute atomic E-state index is 0.0585. The van der Waals surface area contributed by atoms with Gasteiger partial charge < -0.3 is 10.4 Å². The Morgan fingerprint density at radius 3 is 2.28 bits per heavy atom. The second-order valence-electron chi connectivity index (χ2n) is 5.35. The normalized spacial score (nSPS) is 12.4. The number of aryl methyl sites for hydroxylation is 1. The Bertz CT molecular complexity index is 890. The summed E-state index contributed by atoms with van der Waals surface area (Å²) in [5.74, 6) is -1.99. The molecule has 0 saturated heterocycles. The van der Waals surface area contributed by atoms with Crippen molar-refractivity contribution in [3.63, 3.8) is 0 Å². The van der Waals surface area contributed by atoms with Crippen LogP contribution in [0.4, 0.5) is 5.69 Å². The lowest BCUT2D eigenvalue weighted by Crippen LogP contribution is -2.30. The minimum atomic E-state index is -4.12. The van der Waals surface area contributed by atoms with Crippen LogP contribution in [0.3, 0.4) is 0 Å². The van der Waals surface area contributed by atoms with Gasteiger partial charge in [0.05, 0.1) is 16.1 Å². The summed E-state index contributed by atoms with van der Waals surface area (Å²) >= 11 is 0. The molecule has 132 valence electrons. The second-order valence-corrected chi connectivity index (χ2v) is 6.92. The Morgan fingerprint density at radius 1 is 1.08 bits per heavy atom. The van der Waals surface area contributed by atoms with Crippen molar-refractivity contribution >= 4 is 27.7 Å². The maximum atomic E-state index is 12.2. The molecule has 2 aromatic rings. The van der Waals surface area contributed by atoms with E-state index in [4.69, 9.17) is 9.29 Å². The third kappa shape index (κ3) is 4.65. The van der Waals surface area contributed by atoms with Gasteiger partial charge >= 0.3 is 5.97 Å². The van der Waals surface area contributed by atoms with Crippen LogP contribution in [-0.4, -0.2) is 31.5 Å². The van der Waals surface area contributed by atoms with E-state index < -0.39 is 28.1 Å². The highest BCUT2D eigenvalue weighted by Crippen LogP contribution is 2.18. The number of hydrogen-bond donors (Lipinski definition) is 2. The highest BCUT2D eigenvalue weighted by Gasteiger charge is 2.24. The Morgan fingerprint density at radius 2 is 1.68 bits per heavy atom. The maximum absolute atomic E-state index is 12.2. The van der Waals surface area contributed by atoms with Gasteiger partial charge in [0.1, 0.15) is 0 Å². The summed E-state index contributed by atoms with van der Waals surface area (Å²) in [6.07, 6.45) is -1.34. The molecule has 0 heterocycles. The smallest absolute Gasteiger partial charge is 0.337 e. The number of nitrogens with one attached hydrogen (secondary N) is 1. The van der Waals surface area contributed by atoms with E-state index in [1.807, 2.05) is 6.92 Å². The number of para-hydroxylation sites is 1. The third-order valence-electron chi connectivity index (χ3n) is 3.37. The molecule has 1 amide bonds. The number of hydrogen-bond acceptors (Lipinski definition) is 5. The average molecular weight is 363 g/mol. The molecule has 2 rings (SSSR count). The third-order valence-corrected chi connectivity index (χ3v) is 4.76. The lowest BCUT2D eigenvalue weighted by molar-refractivity contribution is -0.121. The fraction of sp³-hybridized carbons (Fsp3) is 0.176. The predicted octanol–water partition coefficient (Wildman–Crippen LogP) is 2.43. The van der Waals surface area contributed by atoms with Gasteiger partial charge in [0.15, 0.2) is 6.10 Å². The number of rotatable bonds is 6. The molecule has 0 fully saturated rings. The van der Waals surface area contributed by atoms with Crippen LogP contribution in [0, 0.1) is 6.92 Å². The standard InChI is InChI=1S/C17H17NO6S/c1-11-7-9-13(10-8-11)25(22,23)24-12(2)16(19)18-15-6-4-3-5-14(15)17(20)21/h3-10,12H,1-2H3,(H,18,19)(H,20,21)/t12-/m1/s1. The van der Waals surface area contributed by atoms with Gasteiger partial charge in [-0.05, 0) is 38.1 Å². The largest absolute Gasteiger partial charge is 0.478 e. The van der Waals surface area contributed by atoms with Crippen LogP contribution in [0.2, 0.25) is 0 Å². The molecule has 25 heavy (non-hydrogen) atoms. The van der Waals surface area contributed by atoms with Crippen molar-refractivity contribution < 1.29 is 27.3 Å². The number of aromatic carboxylic acids is 1. The van der Waals surface area contributed by atoms with Crippen molar-refractivity contribution in [2.24, 2.45) is 0 Å². The highest BCUT2D eigenvalue weighted by atomic mass is 32.2. The molecule has 8 heteroatoms. The Balaban J connectivity index is 2.13. The Labute approximate surface area is 145 Å². The van der Waals surface area contributed by atoms with Gasteiger partial charge in [-0.1, -0.05) is 29.8 Å². The van der Waals surface area contributed by atoms with E-state index >= 15 is 0 Å². The van der Waals surface area contributed by atoms with Crippen molar-refractivity contribution in [2.45, 2.75) is 24.8 Å². The van der Waals surface area contributed by atoms with Crippen LogP contribution in [-0.2, 0) is 19.1 Å². The molecule has 2 aromatic carbocycles. The van der Waals surface area contributed by atoms with Crippen molar-refractivity contribution in [2.75, 3.05) is 5.32 Å². The number of benzene rings is 2. The summed E-state index contributed by atoms with van der Waals surface area (Å²) < 4.78 is 29.3. The van der Waals surface area contributed by atoms with E-state index in [-0.39, 0.29) is 16.1 Å². The molecule has 0 unspecified atom stereocenters. The summed E-state index contributed by atoms with van der Waals surface area (Å²) in [6, 6.07) is 11.8. The molecule has 0 aliphatic carbocycles. The van der Waals surface area contributed by atoms with E-state index in [9.17, 15) is 18.0 Å². The van der Waals surface area contributed by atoms with Crippen LogP contribution in [0.1, 0.15) is 22.8 Å². The zero-order valence-electron chi connectivity index (χ0n) is 13.6. The number of carboxylic acid groups (broad SMARTS) is 1. The van der Waals surface area contributed by atoms with E-state index in [1.54, 1.807) is 18.2 Å². The van der Waals surface area contributed by atoms with Crippen molar-refractivity contribution in [1.82, 2.24) is 0 Å². The number of anilines is 1. The zero-order valence-corrected chi connectivity index (χ0v) is 14.4. The molecule has 0 spiro atoms. The van der Waals surface area contributed by atoms with Crippen LogP contribution < -0.4 is 5.32 Å². The van der Waals surface area contributed by atoms with Gasteiger partial charge in [0, 0.05) is 0 Å². The topological polar surface area (TPSA) is 110 Å². The fourth-order valence-electron chi connectivity index (χ4n) is 2.01. The lowest BCUT2D eigenvalue weighted by Gasteiger charge is -2.14. The molecule has 0 aliphatic rings. The van der Waals surface area contributed by atoms with Crippen LogP contribution >= 0.6 is 0 Å². The molecule has 0 aliphatic heterocycles. The summed E-state index contributed by atoms with van der Waals surface area (Å²) in [5, 5.41) is 11.5. The van der Waals surface area contributed by atoms with Crippen LogP contribution in [0.5, 0.6) is 0 Å². The predicted molar refractivity (Wildman–Crippen MR) is 90.9 cm³/mol. The van der Waals surface area contributed by atoms with Crippen molar-refractivity contribution in [1.29, 1.82) is 0 Å². The summed E-state index contributed by atoms with van der Waals surface area (Å²) in [6.45, 7) is 3.08. The van der Waals surface area contributed by atoms with Gasteiger partial charge in [0.2, 0.25) is 0 Å². The SMILES string of the molecule is Cc1ccc(S(=O)(=O)O[C@H](C)C(=O)Nc2ccccc2C(=O)O)cc1. The molecule has 0 aromatic heterocycles. The lowest BCUT2D eigenvalue weighted by atomic mass is 10.1. The van der Waals surface area contributed by atoms with Crippen molar-refractivity contribution in [3.8, 4) is 0 Å². The molecule has 0 saturated carbocycles. The van der Waals surface area contributed by atoms with Gasteiger partial charge in [-0.2, -0.15) is 8.42 Å². The number of carbonyl (C=O) groups excluding carboxylic acids is 1. The molecule has 0 radical (unpaired) electrons. The van der Waals surface area contributed by atoms with Crippen LogP contribution in [0.25, 0.3) is 0 Å². The van der Waals surface area contributed by atoms with Gasteiger partial charge in [-0.25, -0.2) is 4.79 Å². The van der Waals surface area contributed by atoms with Gasteiger partial charge in [-0.3, -0.25) is 8.98 Å². The quantitative estimate of drug-likeness (QED) is 0.763. The molecular formula is C17H17NO6S. The molecule has 7 nitrogen and oxygen atoms in total. The van der Waals surface area contributed by atoms with E-state index in [2.05, 4.69) is 5.32 Å². The second kappa shape index (κ2) is 7.45. The Kier molecular flexibility index (Phi) is 5.55. The van der Waals surface area contributed by atoms with Crippen molar-refractivity contribution in [3.05, 3.63) is 59.7 Å². The summed E-state index contributed by atoms with van der Waals surface area (Å²) in [4.78, 5) is 23.2. The summed E-state index contributed by atoms with van der Waals surface area (Å²) in [5.41, 5.74) is 0.836. The summed E-state index contributed by atoms with van der Waals surface area (Å²) in [7, 11) is -4.12. The van der Waals surface area contributed by atoms with E-state index in [0.717, 1.165) is 5.56 Å². The highest BCUT2D eigenvalue weighted by molar-refractivity contribution is 7.86. The first-order valence-electron chi connectivity index (χ1n) is 7.34. The first-order chi connectivity index (χ1) is 11.7. The molecule has 2 N–H and O–H groups in total. The van der Waals surface area contributed by atoms with Crippen LogP contribution in [0.15, 0.2) is 53.4 Å². The monoisotopic (exact) mass is 363 g/mol. The van der Waals surface area contributed by atoms with E-state index in [1.165, 1.54) is 37.3 Å².